The minimum Gasteiger partial charge on any atom is -0.502 e. The number of furan rings is 1. The first-order chi connectivity index (χ1) is 15.6. The number of carbonyl (C=O) groups excluding carboxylic acids is 1. The van der Waals surface area contributed by atoms with Gasteiger partial charge in [-0.2, -0.15) is 0 Å². The van der Waals surface area contributed by atoms with Crippen molar-refractivity contribution in [3.05, 3.63) is 11.5 Å². The molecule has 0 atom stereocenters. The normalized spacial score (nSPS) is 11.2. The Bertz CT molecular complexity index is 590. The standard InChI is InChI=1S/C28H50O4/c1-4-6-7-8-9-10-11-12-13-14-15-16-17-18-19-20-21-22-23-26(29)32-28-25(5-2)31-24(3)27(28)30/h30H,4-23H2,1-3H3. The van der Waals surface area contributed by atoms with Crippen molar-refractivity contribution in [1.82, 2.24) is 0 Å². The lowest BCUT2D eigenvalue weighted by atomic mass is 10.0. The molecule has 186 valence electrons. The molecule has 0 saturated carbocycles. The van der Waals surface area contributed by atoms with Crippen LogP contribution in [0.25, 0.3) is 0 Å². The van der Waals surface area contributed by atoms with Crippen LogP contribution in [0.3, 0.4) is 0 Å². The second-order valence-electron chi connectivity index (χ2n) is 9.35. The number of carbonyl (C=O) groups is 1. The average Bonchev–Trinajstić information content (AvgIpc) is 3.06. The molecule has 0 aliphatic heterocycles. The summed E-state index contributed by atoms with van der Waals surface area (Å²) in [6.07, 6.45) is 24.9. The van der Waals surface area contributed by atoms with Gasteiger partial charge in [-0.3, -0.25) is 4.79 Å². The van der Waals surface area contributed by atoms with Crippen molar-refractivity contribution in [2.75, 3.05) is 0 Å². The number of esters is 1. The summed E-state index contributed by atoms with van der Waals surface area (Å²) in [5.74, 6) is 0.807. The van der Waals surface area contributed by atoms with E-state index in [1.807, 2.05) is 6.92 Å². The van der Waals surface area contributed by atoms with E-state index in [0.29, 0.717) is 24.4 Å². The van der Waals surface area contributed by atoms with Crippen LogP contribution in [0.2, 0.25) is 0 Å². The summed E-state index contributed by atoms with van der Waals surface area (Å²) in [7, 11) is 0. The predicted molar refractivity (Wildman–Crippen MR) is 134 cm³/mol. The molecular weight excluding hydrogens is 400 g/mol. The van der Waals surface area contributed by atoms with E-state index in [1.54, 1.807) is 6.92 Å². The van der Waals surface area contributed by atoms with E-state index in [1.165, 1.54) is 103 Å². The molecule has 0 aliphatic rings. The Kier molecular flexibility index (Phi) is 17.0. The van der Waals surface area contributed by atoms with Crippen molar-refractivity contribution >= 4 is 5.97 Å². The third kappa shape index (κ3) is 13.2. The quantitative estimate of drug-likeness (QED) is 0.150. The van der Waals surface area contributed by atoms with Gasteiger partial charge in [0.25, 0.3) is 0 Å². The van der Waals surface area contributed by atoms with Crippen LogP contribution in [0.1, 0.15) is 147 Å². The highest BCUT2D eigenvalue weighted by Gasteiger charge is 2.20. The molecule has 0 radical (unpaired) electrons. The van der Waals surface area contributed by atoms with Gasteiger partial charge in [-0.25, -0.2) is 0 Å². The van der Waals surface area contributed by atoms with Crippen molar-refractivity contribution in [2.45, 2.75) is 149 Å². The van der Waals surface area contributed by atoms with Crippen molar-refractivity contribution in [3.8, 4) is 11.5 Å². The topological polar surface area (TPSA) is 59.7 Å². The molecule has 0 saturated heterocycles. The van der Waals surface area contributed by atoms with Crippen LogP contribution in [-0.4, -0.2) is 11.1 Å². The van der Waals surface area contributed by atoms with Gasteiger partial charge in [0, 0.05) is 12.8 Å². The zero-order chi connectivity index (χ0) is 23.4. The van der Waals surface area contributed by atoms with E-state index in [9.17, 15) is 9.90 Å². The Morgan fingerprint density at radius 3 is 1.53 bits per heavy atom. The maximum atomic E-state index is 12.0. The van der Waals surface area contributed by atoms with Gasteiger partial charge in [0.2, 0.25) is 11.5 Å². The summed E-state index contributed by atoms with van der Waals surface area (Å²) >= 11 is 0. The van der Waals surface area contributed by atoms with Gasteiger partial charge >= 0.3 is 5.97 Å². The highest BCUT2D eigenvalue weighted by atomic mass is 16.6. The first-order valence-corrected chi connectivity index (χ1v) is 13.6. The molecule has 4 nitrogen and oxygen atoms in total. The number of unbranched alkanes of at least 4 members (excludes halogenated alkanes) is 17. The van der Waals surface area contributed by atoms with Crippen LogP contribution in [0.4, 0.5) is 0 Å². The lowest BCUT2D eigenvalue weighted by molar-refractivity contribution is -0.134. The summed E-state index contributed by atoms with van der Waals surface area (Å²) in [5, 5.41) is 9.96. The first kappa shape index (κ1) is 28.6. The third-order valence-electron chi connectivity index (χ3n) is 6.35. The number of aromatic hydroxyl groups is 1. The molecule has 0 fully saturated rings. The molecule has 1 heterocycles. The lowest BCUT2D eigenvalue weighted by Gasteiger charge is -2.05. The number of rotatable bonds is 21. The largest absolute Gasteiger partial charge is 0.502 e. The highest BCUT2D eigenvalue weighted by molar-refractivity contribution is 5.73. The van der Waals surface area contributed by atoms with E-state index in [-0.39, 0.29) is 17.5 Å². The van der Waals surface area contributed by atoms with Gasteiger partial charge in [0.1, 0.15) is 5.76 Å². The molecule has 0 spiro atoms. The van der Waals surface area contributed by atoms with Crippen LogP contribution < -0.4 is 4.74 Å². The molecule has 0 unspecified atom stereocenters. The molecule has 0 aliphatic carbocycles. The van der Waals surface area contributed by atoms with Crippen LogP contribution in [0.5, 0.6) is 11.5 Å². The molecule has 1 aromatic heterocycles. The Morgan fingerprint density at radius 2 is 1.12 bits per heavy atom. The predicted octanol–water partition coefficient (Wildman–Crippen LogP) is 9.19. The minimum atomic E-state index is -0.285. The Labute approximate surface area is 197 Å². The fourth-order valence-electron chi connectivity index (χ4n) is 4.25. The van der Waals surface area contributed by atoms with E-state index < -0.39 is 0 Å². The van der Waals surface area contributed by atoms with Crippen molar-refractivity contribution < 1.29 is 19.1 Å². The summed E-state index contributed by atoms with van der Waals surface area (Å²) in [6, 6.07) is 0. The van der Waals surface area contributed by atoms with Gasteiger partial charge < -0.3 is 14.3 Å². The zero-order valence-corrected chi connectivity index (χ0v) is 21.3. The first-order valence-electron chi connectivity index (χ1n) is 13.6. The lowest BCUT2D eigenvalue weighted by Crippen LogP contribution is -2.08. The number of hydrogen-bond donors (Lipinski definition) is 1. The fourth-order valence-corrected chi connectivity index (χ4v) is 4.25. The molecule has 1 N–H and O–H groups in total. The number of aryl methyl sites for hydroxylation is 2. The highest BCUT2D eigenvalue weighted by Crippen LogP contribution is 2.37. The maximum Gasteiger partial charge on any atom is 0.311 e. The smallest absolute Gasteiger partial charge is 0.311 e. The second kappa shape index (κ2) is 19.1. The van der Waals surface area contributed by atoms with Gasteiger partial charge in [-0.15, -0.1) is 0 Å². The molecule has 32 heavy (non-hydrogen) atoms. The Morgan fingerprint density at radius 1 is 0.719 bits per heavy atom. The number of hydrogen-bond acceptors (Lipinski definition) is 4. The van der Waals surface area contributed by atoms with Gasteiger partial charge in [0.15, 0.2) is 5.76 Å². The van der Waals surface area contributed by atoms with Crippen molar-refractivity contribution in [3.63, 3.8) is 0 Å². The van der Waals surface area contributed by atoms with Crippen LogP contribution in [0.15, 0.2) is 4.42 Å². The Balaban J connectivity index is 1.86. The maximum absolute atomic E-state index is 12.0. The summed E-state index contributed by atoms with van der Waals surface area (Å²) < 4.78 is 10.7. The van der Waals surface area contributed by atoms with E-state index in [0.717, 1.165) is 12.8 Å². The van der Waals surface area contributed by atoms with E-state index >= 15 is 0 Å². The third-order valence-corrected chi connectivity index (χ3v) is 6.35. The van der Waals surface area contributed by atoms with Crippen LogP contribution >= 0.6 is 0 Å². The molecule has 4 heteroatoms. The monoisotopic (exact) mass is 450 g/mol. The van der Waals surface area contributed by atoms with Crippen molar-refractivity contribution in [2.24, 2.45) is 0 Å². The van der Waals surface area contributed by atoms with Gasteiger partial charge in [0.05, 0.1) is 0 Å². The minimum absolute atomic E-state index is 0.0481. The molecule has 1 aromatic rings. The molecule has 0 amide bonds. The second-order valence-corrected chi connectivity index (χ2v) is 9.35. The van der Waals surface area contributed by atoms with Gasteiger partial charge in [-0.05, 0) is 13.3 Å². The molecule has 0 bridgehead atoms. The molecular formula is C28H50O4. The summed E-state index contributed by atoms with van der Waals surface area (Å²) in [4.78, 5) is 12.0. The van der Waals surface area contributed by atoms with Crippen molar-refractivity contribution in [1.29, 1.82) is 0 Å². The van der Waals surface area contributed by atoms with E-state index in [2.05, 4.69) is 6.92 Å². The zero-order valence-electron chi connectivity index (χ0n) is 21.3. The SMILES string of the molecule is CCCCCCCCCCCCCCCCCCCCC(=O)Oc1c(CC)oc(C)c1O. The Hall–Kier alpha value is -1.45. The van der Waals surface area contributed by atoms with Crippen LogP contribution in [-0.2, 0) is 11.2 Å². The van der Waals surface area contributed by atoms with E-state index in [4.69, 9.17) is 9.15 Å². The summed E-state index contributed by atoms with van der Waals surface area (Å²) in [5.41, 5.74) is 0. The number of ether oxygens (including phenoxy) is 1. The summed E-state index contributed by atoms with van der Waals surface area (Å²) in [6.45, 7) is 5.86. The van der Waals surface area contributed by atoms with Gasteiger partial charge in [-0.1, -0.05) is 123 Å². The average molecular weight is 451 g/mol. The fraction of sp³-hybridized carbons (Fsp3) is 0.821. The molecule has 0 aromatic carbocycles. The molecule has 1 rings (SSSR count). The van der Waals surface area contributed by atoms with Crippen LogP contribution in [0, 0.1) is 6.92 Å².